The summed E-state index contributed by atoms with van der Waals surface area (Å²) < 4.78 is 7.68. The zero-order valence-electron chi connectivity index (χ0n) is 15.5. The number of ether oxygens (including phenoxy) is 1. The number of hydrogen-bond donors (Lipinski definition) is 1. The minimum atomic E-state index is -0.0478. The highest BCUT2D eigenvalue weighted by Crippen LogP contribution is 2.24. The number of halogens is 1. The van der Waals surface area contributed by atoms with Crippen LogP contribution in [0.5, 0.6) is 5.75 Å². The van der Waals surface area contributed by atoms with Crippen LogP contribution in [0.4, 0.5) is 0 Å². The van der Waals surface area contributed by atoms with Crippen molar-refractivity contribution in [3.05, 3.63) is 71.0 Å². The van der Waals surface area contributed by atoms with Crippen molar-refractivity contribution in [3.63, 3.8) is 0 Å². The maximum absolute atomic E-state index is 12.1. The Morgan fingerprint density at radius 2 is 1.89 bits per heavy atom. The second kappa shape index (κ2) is 10.1. The lowest BCUT2D eigenvalue weighted by atomic mass is 10.2. The molecule has 0 fully saturated rings. The summed E-state index contributed by atoms with van der Waals surface area (Å²) in [5.74, 6) is 1.52. The van der Waals surface area contributed by atoms with E-state index in [0.29, 0.717) is 34.8 Å². The summed E-state index contributed by atoms with van der Waals surface area (Å²) in [7, 11) is 0. The number of hydrogen-bond acceptors (Lipinski definition) is 5. The molecule has 0 bridgehead atoms. The largest absolute Gasteiger partial charge is 0.484 e. The number of benzene rings is 2. The molecule has 3 aromatic rings. The molecule has 1 N–H and O–H groups in total. The Morgan fingerprint density at radius 1 is 1.14 bits per heavy atom. The summed E-state index contributed by atoms with van der Waals surface area (Å²) >= 11 is 7.47. The van der Waals surface area contributed by atoms with Crippen molar-refractivity contribution in [2.75, 3.05) is 5.75 Å². The summed E-state index contributed by atoms with van der Waals surface area (Å²) in [6.07, 6.45) is 0. The Labute approximate surface area is 173 Å². The lowest BCUT2D eigenvalue weighted by molar-refractivity contribution is -0.118. The van der Waals surface area contributed by atoms with Gasteiger partial charge in [-0.15, -0.1) is 10.2 Å². The minimum Gasteiger partial charge on any atom is -0.484 e. The van der Waals surface area contributed by atoms with Crippen molar-refractivity contribution in [3.8, 4) is 5.75 Å². The van der Waals surface area contributed by atoms with Crippen LogP contribution in [0.3, 0.4) is 0 Å². The molecular formula is C20H21ClN4O2S. The molecule has 0 spiro atoms. The van der Waals surface area contributed by atoms with Gasteiger partial charge in [-0.25, -0.2) is 0 Å². The van der Waals surface area contributed by atoms with E-state index in [1.807, 2.05) is 60.0 Å². The standard InChI is InChI=1S/C20H21ClN4O2S/c1-2-25-18(13-27-17-11-7-6-10-16(17)21)23-24-20(25)28-14-19(26)22-12-15-8-4-3-5-9-15/h3-11H,2,12-14H2,1H3,(H,22,26). The molecule has 0 unspecified atom stereocenters. The van der Waals surface area contributed by atoms with Gasteiger partial charge in [-0.1, -0.05) is 65.8 Å². The Morgan fingerprint density at radius 3 is 2.64 bits per heavy atom. The highest BCUT2D eigenvalue weighted by molar-refractivity contribution is 7.99. The Kier molecular flexibility index (Phi) is 7.33. The van der Waals surface area contributed by atoms with Crippen molar-refractivity contribution >= 4 is 29.3 Å². The van der Waals surface area contributed by atoms with E-state index in [9.17, 15) is 4.79 Å². The number of para-hydroxylation sites is 1. The molecule has 0 aliphatic rings. The fourth-order valence-corrected chi connectivity index (χ4v) is 3.57. The number of carbonyl (C=O) groups excluding carboxylic acids is 1. The van der Waals surface area contributed by atoms with Crippen LogP contribution in [0.15, 0.2) is 59.8 Å². The van der Waals surface area contributed by atoms with Crippen molar-refractivity contribution < 1.29 is 9.53 Å². The van der Waals surface area contributed by atoms with Crippen LogP contribution in [-0.2, 0) is 24.5 Å². The molecule has 6 nitrogen and oxygen atoms in total. The van der Waals surface area contributed by atoms with E-state index in [-0.39, 0.29) is 18.3 Å². The van der Waals surface area contributed by atoms with Crippen molar-refractivity contribution in [1.82, 2.24) is 20.1 Å². The average Bonchev–Trinajstić information content (AvgIpc) is 3.12. The lowest BCUT2D eigenvalue weighted by Crippen LogP contribution is -2.24. The monoisotopic (exact) mass is 416 g/mol. The molecule has 0 saturated carbocycles. The van der Waals surface area contributed by atoms with Crippen LogP contribution in [0.2, 0.25) is 5.02 Å². The first kappa shape index (κ1) is 20.2. The Balaban J connectivity index is 1.53. The third kappa shape index (κ3) is 5.50. The second-order valence-corrected chi connectivity index (χ2v) is 7.26. The first-order chi connectivity index (χ1) is 13.7. The highest BCUT2D eigenvalue weighted by Gasteiger charge is 2.14. The van der Waals surface area contributed by atoms with Crippen LogP contribution in [-0.4, -0.2) is 26.4 Å². The number of nitrogens with one attached hydrogen (secondary N) is 1. The first-order valence-electron chi connectivity index (χ1n) is 8.90. The van der Waals surface area contributed by atoms with Gasteiger partial charge in [0, 0.05) is 13.1 Å². The smallest absolute Gasteiger partial charge is 0.230 e. The molecule has 1 aromatic heterocycles. The molecule has 0 saturated heterocycles. The van der Waals surface area contributed by atoms with Gasteiger partial charge in [0.15, 0.2) is 11.0 Å². The van der Waals surface area contributed by atoms with E-state index >= 15 is 0 Å². The van der Waals surface area contributed by atoms with Gasteiger partial charge in [-0.3, -0.25) is 4.79 Å². The number of carbonyl (C=O) groups is 1. The molecule has 0 aliphatic heterocycles. The molecule has 0 atom stereocenters. The molecule has 146 valence electrons. The van der Waals surface area contributed by atoms with Gasteiger partial charge in [0.2, 0.25) is 5.91 Å². The zero-order chi connectivity index (χ0) is 19.8. The van der Waals surface area contributed by atoms with Crippen LogP contribution >= 0.6 is 23.4 Å². The molecule has 2 aromatic carbocycles. The topological polar surface area (TPSA) is 69.0 Å². The third-order valence-electron chi connectivity index (χ3n) is 3.97. The minimum absolute atomic E-state index is 0.0478. The van der Waals surface area contributed by atoms with Gasteiger partial charge in [-0.2, -0.15) is 0 Å². The number of rotatable bonds is 9. The molecule has 3 rings (SSSR count). The van der Waals surface area contributed by atoms with Gasteiger partial charge < -0.3 is 14.6 Å². The summed E-state index contributed by atoms with van der Waals surface area (Å²) in [5, 5.41) is 12.5. The maximum atomic E-state index is 12.1. The van der Waals surface area contributed by atoms with Crippen molar-refractivity contribution in [2.45, 2.75) is 31.8 Å². The van der Waals surface area contributed by atoms with Crippen molar-refractivity contribution in [2.24, 2.45) is 0 Å². The van der Waals surface area contributed by atoms with E-state index in [1.54, 1.807) is 6.07 Å². The maximum Gasteiger partial charge on any atom is 0.230 e. The predicted molar refractivity (Wildman–Crippen MR) is 110 cm³/mol. The first-order valence-corrected chi connectivity index (χ1v) is 10.3. The van der Waals surface area contributed by atoms with Gasteiger partial charge in [-0.05, 0) is 24.6 Å². The highest BCUT2D eigenvalue weighted by atomic mass is 35.5. The molecule has 8 heteroatoms. The van der Waals surface area contributed by atoms with E-state index in [1.165, 1.54) is 11.8 Å². The van der Waals surface area contributed by atoms with E-state index in [2.05, 4.69) is 15.5 Å². The summed E-state index contributed by atoms with van der Waals surface area (Å²) in [4.78, 5) is 12.1. The lowest BCUT2D eigenvalue weighted by Gasteiger charge is -2.10. The van der Waals surface area contributed by atoms with E-state index in [0.717, 1.165) is 5.56 Å². The van der Waals surface area contributed by atoms with E-state index in [4.69, 9.17) is 16.3 Å². The van der Waals surface area contributed by atoms with Gasteiger partial charge >= 0.3 is 0 Å². The van der Waals surface area contributed by atoms with Gasteiger partial charge in [0.1, 0.15) is 12.4 Å². The van der Waals surface area contributed by atoms with Gasteiger partial charge in [0.25, 0.3) is 0 Å². The predicted octanol–water partition coefficient (Wildman–Crippen LogP) is 3.94. The Hall–Kier alpha value is -2.51. The van der Waals surface area contributed by atoms with Gasteiger partial charge in [0.05, 0.1) is 10.8 Å². The fraction of sp³-hybridized carbons (Fsp3) is 0.250. The Bertz CT molecular complexity index is 918. The molecule has 28 heavy (non-hydrogen) atoms. The molecule has 1 heterocycles. The number of thioether (sulfide) groups is 1. The van der Waals surface area contributed by atoms with E-state index < -0.39 is 0 Å². The van der Waals surface area contributed by atoms with Crippen LogP contribution < -0.4 is 10.1 Å². The molecule has 0 aliphatic carbocycles. The molecule has 0 radical (unpaired) electrons. The number of aromatic nitrogens is 3. The normalized spacial score (nSPS) is 10.6. The number of nitrogens with zero attached hydrogens (tertiary/aromatic N) is 3. The molecular weight excluding hydrogens is 396 g/mol. The second-order valence-electron chi connectivity index (χ2n) is 5.91. The fourth-order valence-electron chi connectivity index (χ4n) is 2.53. The van der Waals surface area contributed by atoms with Crippen LogP contribution in [0, 0.1) is 0 Å². The zero-order valence-corrected chi connectivity index (χ0v) is 17.0. The number of amides is 1. The van der Waals surface area contributed by atoms with Crippen LogP contribution in [0.25, 0.3) is 0 Å². The summed E-state index contributed by atoms with van der Waals surface area (Å²) in [6, 6.07) is 17.1. The summed E-state index contributed by atoms with van der Waals surface area (Å²) in [6.45, 7) is 3.45. The molecule has 1 amide bonds. The van der Waals surface area contributed by atoms with Crippen LogP contribution in [0.1, 0.15) is 18.3 Å². The third-order valence-corrected chi connectivity index (χ3v) is 5.25. The quantitative estimate of drug-likeness (QED) is 0.535. The van der Waals surface area contributed by atoms with Crippen molar-refractivity contribution in [1.29, 1.82) is 0 Å². The average molecular weight is 417 g/mol. The SMILES string of the molecule is CCn1c(COc2ccccc2Cl)nnc1SCC(=O)NCc1ccccc1. The summed E-state index contributed by atoms with van der Waals surface area (Å²) in [5.41, 5.74) is 1.07.